The minimum absolute atomic E-state index is 0.218. The van der Waals surface area contributed by atoms with E-state index in [-0.39, 0.29) is 5.91 Å². The molecule has 2 fully saturated rings. The summed E-state index contributed by atoms with van der Waals surface area (Å²) in [7, 11) is 0. The number of rotatable bonds is 2. The zero-order valence-electron chi connectivity index (χ0n) is 8.01. The highest BCUT2D eigenvalue weighted by Gasteiger charge is 2.44. The molecule has 1 atom stereocenters. The molecular weight excluding hydrogens is 164 g/mol. The molecule has 0 bridgehead atoms. The molecule has 1 saturated carbocycles. The smallest absolute Gasteiger partial charge is 0.220 e. The highest BCUT2D eigenvalue weighted by molar-refractivity contribution is 5.77. The summed E-state index contributed by atoms with van der Waals surface area (Å²) in [6.45, 7) is 1.62. The van der Waals surface area contributed by atoms with Crippen molar-refractivity contribution in [3.63, 3.8) is 0 Å². The number of carbonyl (C=O) groups excluding carboxylic acids is 1. The van der Waals surface area contributed by atoms with Crippen LogP contribution in [0.1, 0.15) is 32.1 Å². The molecule has 1 saturated heterocycles. The van der Waals surface area contributed by atoms with Crippen LogP contribution in [0.15, 0.2) is 0 Å². The summed E-state index contributed by atoms with van der Waals surface area (Å²) in [5.41, 5.74) is 6.14. The lowest BCUT2D eigenvalue weighted by Gasteiger charge is -2.48. The molecule has 13 heavy (non-hydrogen) atoms. The first-order valence-electron chi connectivity index (χ1n) is 5.24. The largest absolute Gasteiger partial charge is 0.356 e. The van der Waals surface area contributed by atoms with E-state index in [1.54, 1.807) is 0 Å². The van der Waals surface area contributed by atoms with E-state index in [0.29, 0.717) is 17.8 Å². The zero-order chi connectivity index (χ0) is 9.31. The first-order chi connectivity index (χ1) is 6.27. The fourth-order valence-corrected chi connectivity index (χ4v) is 2.72. The van der Waals surface area contributed by atoms with Crippen LogP contribution in [0.5, 0.6) is 0 Å². The maximum atomic E-state index is 11.2. The number of hydrogen-bond donors (Lipinski definition) is 2. The summed E-state index contributed by atoms with van der Waals surface area (Å²) in [6.07, 6.45) is 5.61. The minimum Gasteiger partial charge on any atom is -0.356 e. The molecule has 1 aliphatic carbocycles. The molecule has 3 heteroatoms. The molecule has 0 aromatic rings. The Morgan fingerprint density at radius 1 is 1.54 bits per heavy atom. The quantitative estimate of drug-likeness (QED) is 0.658. The molecule has 1 aliphatic heterocycles. The minimum atomic E-state index is 0.218. The Labute approximate surface area is 79.1 Å². The fraction of sp³-hybridized carbons (Fsp3) is 0.900. The van der Waals surface area contributed by atoms with Crippen molar-refractivity contribution >= 4 is 5.91 Å². The highest BCUT2D eigenvalue weighted by Crippen LogP contribution is 2.49. The second-order valence-electron chi connectivity index (χ2n) is 4.46. The molecule has 0 spiro atoms. The van der Waals surface area contributed by atoms with Crippen LogP contribution in [0.3, 0.4) is 0 Å². The van der Waals surface area contributed by atoms with Crippen LogP contribution in [-0.4, -0.2) is 19.0 Å². The number of hydrogen-bond acceptors (Lipinski definition) is 2. The number of amides is 1. The van der Waals surface area contributed by atoms with Gasteiger partial charge in [-0.2, -0.15) is 0 Å². The Morgan fingerprint density at radius 3 is 2.77 bits per heavy atom. The van der Waals surface area contributed by atoms with Gasteiger partial charge in [-0.05, 0) is 37.1 Å². The van der Waals surface area contributed by atoms with E-state index in [9.17, 15) is 4.79 Å². The van der Waals surface area contributed by atoms with E-state index in [2.05, 4.69) is 5.32 Å². The van der Waals surface area contributed by atoms with E-state index in [1.165, 1.54) is 19.3 Å². The van der Waals surface area contributed by atoms with Crippen molar-refractivity contribution in [2.75, 3.05) is 13.1 Å². The monoisotopic (exact) mass is 182 g/mol. The summed E-state index contributed by atoms with van der Waals surface area (Å²) in [6, 6.07) is 0. The van der Waals surface area contributed by atoms with Gasteiger partial charge in [-0.15, -0.1) is 0 Å². The van der Waals surface area contributed by atoms with Crippen molar-refractivity contribution in [1.82, 2.24) is 5.32 Å². The van der Waals surface area contributed by atoms with Gasteiger partial charge in [0.15, 0.2) is 0 Å². The van der Waals surface area contributed by atoms with Gasteiger partial charge in [-0.25, -0.2) is 0 Å². The van der Waals surface area contributed by atoms with E-state index < -0.39 is 0 Å². The molecule has 0 aromatic carbocycles. The normalized spacial score (nSPS) is 32.1. The van der Waals surface area contributed by atoms with Crippen LogP contribution in [0.4, 0.5) is 0 Å². The third-order valence-electron chi connectivity index (χ3n) is 3.87. The van der Waals surface area contributed by atoms with Gasteiger partial charge in [0.1, 0.15) is 0 Å². The molecule has 3 N–H and O–H groups in total. The van der Waals surface area contributed by atoms with Crippen LogP contribution < -0.4 is 11.1 Å². The number of piperidine rings is 1. The molecule has 2 aliphatic rings. The van der Waals surface area contributed by atoms with Crippen molar-refractivity contribution in [1.29, 1.82) is 0 Å². The SMILES string of the molecule is NCC1(C2CCNC(=O)C2)CCC1. The number of carbonyl (C=O) groups is 1. The van der Waals surface area contributed by atoms with Gasteiger partial charge >= 0.3 is 0 Å². The standard InChI is InChI=1S/C10H18N2O/c11-7-10(3-1-4-10)8-2-5-12-9(13)6-8/h8H,1-7,11H2,(H,12,13). The van der Waals surface area contributed by atoms with E-state index in [1.807, 2.05) is 0 Å². The summed E-state index contributed by atoms with van der Waals surface area (Å²) in [5, 5.41) is 2.88. The van der Waals surface area contributed by atoms with Gasteiger partial charge in [0, 0.05) is 13.0 Å². The predicted molar refractivity (Wildman–Crippen MR) is 51.1 cm³/mol. The van der Waals surface area contributed by atoms with E-state index >= 15 is 0 Å². The Bertz CT molecular complexity index is 205. The average molecular weight is 182 g/mol. The number of nitrogens with two attached hydrogens (primary N) is 1. The van der Waals surface area contributed by atoms with Crippen molar-refractivity contribution in [2.24, 2.45) is 17.1 Å². The molecular formula is C10H18N2O. The Balaban J connectivity index is 2.01. The fourth-order valence-electron chi connectivity index (χ4n) is 2.72. The molecule has 1 unspecified atom stereocenters. The van der Waals surface area contributed by atoms with E-state index in [4.69, 9.17) is 5.73 Å². The summed E-state index contributed by atoms with van der Waals surface area (Å²) < 4.78 is 0. The molecule has 0 radical (unpaired) electrons. The summed E-state index contributed by atoms with van der Waals surface area (Å²) in [4.78, 5) is 11.2. The third kappa shape index (κ3) is 1.46. The molecule has 74 valence electrons. The van der Waals surface area contributed by atoms with Gasteiger partial charge < -0.3 is 11.1 Å². The van der Waals surface area contributed by atoms with Gasteiger partial charge in [0.05, 0.1) is 0 Å². The van der Waals surface area contributed by atoms with Crippen LogP contribution in [0, 0.1) is 11.3 Å². The molecule has 1 heterocycles. The third-order valence-corrected chi connectivity index (χ3v) is 3.87. The van der Waals surface area contributed by atoms with Crippen LogP contribution in [-0.2, 0) is 4.79 Å². The second-order valence-corrected chi connectivity index (χ2v) is 4.46. The Hall–Kier alpha value is -0.570. The number of nitrogens with one attached hydrogen (secondary N) is 1. The van der Waals surface area contributed by atoms with Gasteiger partial charge in [0.2, 0.25) is 5.91 Å². The predicted octanol–water partition coefficient (Wildman–Crippen LogP) is 0.642. The van der Waals surface area contributed by atoms with Crippen LogP contribution in [0.2, 0.25) is 0 Å². The molecule has 3 nitrogen and oxygen atoms in total. The summed E-state index contributed by atoms with van der Waals surface area (Å²) in [5.74, 6) is 0.774. The lowest BCUT2D eigenvalue weighted by atomic mass is 9.59. The first-order valence-corrected chi connectivity index (χ1v) is 5.24. The lowest BCUT2D eigenvalue weighted by Crippen LogP contribution is -2.49. The van der Waals surface area contributed by atoms with Crippen molar-refractivity contribution in [3.8, 4) is 0 Å². The topological polar surface area (TPSA) is 55.1 Å². The second kappa shape index (κ2) is 3.29. The average Bonchev–Trinajstić information content (AvgIpc) is 2.03. The van der Waals surface area contributed by atoms with Crippen molar-refractivity contribution < 1.29 is 4.79 Å². The molecule has 2 rings (SSSR count). The van der Waals surface area contributed by atoms with Crippen LogP contribution >= 0.6 is 0 Å². The Morgan fingerprint density at radius 2 is 2.31 bits per heavy atom. The van der Waals surface area contributed by atoms with Crippen LogP contribution in [0.25, 0.3) is 0 Å². The first kappa shape index (κ1) is 9.00. The van der Waals surface area contributed by atoms with Gasteiger partial charge in [-0.1, -0.05) is 6.42 Å². The van der Waals surface area contributed by atoms with Crippen molar-refractivity contribution in [2.45, 2.75) is 32.1 Å². The zero-order valence-corrected chi connectivity index (χ0v) is 8.01. The Kier molecular flexibility index (Phi) is 2.28. The van der Waals surface area contributed by atoms with Gasteiger partial charge in [-0.3, -0.25) is 4.79 Å². The lowest BCUT2D eigenvalue weighted by molar-refractivity contribution is -0.126. The van der Waals surface area contributed by atoms with Crippen molar-refractivity contribution in [3.05, 3.63) is 0 Å². The van der Waals surface area contributed by atoms with Gasteiger partial charge in [0.25, 0.3) is 0 Å². The highest BCUT2D eigenvalue weighted by atomic mass is 16.1. The molecule has 1 amide bonds. The summed E-state index contributed by atoms with van der Waals surface area (Å²) >= 11 is 0. The maximum Gasteiger partial charge on any atom is 0.220 e. The molecule has 0 aromatic heterocycles. The van der Waals surface area contributed by atoms with E-state index in [0.717, 1.165) is 19.5 Å². The maximum absolute atomic E-state index is 11.2.